The molecule has 8 heteroatoms. The Morgan fingerprint density at radius 1 is 1.20 bits per heavy atom. The molecule has 0 saturated carbocycles. The second-order valence-electron chi connectivity index (χ2n) is 6.44. The Labute approximate surface area is 147 Å². The summed E-state index contributed by atoms with van der Waals surface area (Å²) < 4.78 is 10.5. The van der Waals surface area contributed by atoms with Gasteiger partial charge in [0.1, 0.15) is 6.10 Å². The van der Waals surface area contributed by atoms with E-state index in [4.69, 9.17) is 19.7 Å². The van der Waals surface area contributed by atoms with Crippen LogP contribution in [0.3, 0.4) is 0 Å². The molecule has 0 spiro atoms. The van der Waals surface area contributed by atoms with E-state index in [1.807, 2.05) is 0 Å². The van der Waals surface area contributed by atoms with Crippen LogP contribution in [-0.2, 0) is 14.3 Å². The highest BCUT2D eigenvalue weighted by atomic mass is 16.6. The van der Waals surface area contributed by atoms with Crippen LogP contribution in [0.4, 0.5) is 0 Å². The molecule has 1 heterocycles. The number of aliphatic hydroxyl groups is 5. The van der Waals surface area contributed by atoms with Crippen molar-refractivity contribution in [1.29, 1.82) is 0 Å². The Kier molecular flexibility index (Phi) is 9.20. The van der Waals surface area contributed by atoms with Crippen molar-refractivity contribution in [3.8, 4) is 0 Å². The Bertz CT molecular complexity index is 450. The Morgan fingerprint density at radius 3 is 2.44 bits per heavy atom. The van der Waals surface area contributed by atoms with Gasteiger partial charge in [0.05, 0.1) is 25.4 Å². The molecule has 8 nitrogen and oxygen atoms in total. The number of esters is 1. The topological polar surface area (TPSA) is 137 Å². The van der Waals surface area contributed by atoms with Gasteiger partial charge in [-0.1, -0.05) is 26.2 Å². The van der Waals surface area contributed by atoms with Gasteiger partial charge in [0.2, 0.25) is 5.76 Å². The zero-order valence-electron chi connectivity index (χ0n) is 14.8. The summed E-state index contributed by atoms with van der Waals surface area (Å²) in [5.74, 6) is -2.08. The fourth-order valence-corrected chi connectivity index (χ4v) is 2.85. The van der Waals surface area contributed by atoms with Crippen molar-refractivity contribution in [3.05, 3.63) is 11.5 Å². The molecule has 0 amide bonds. The van der Waals surface area contributed by atoms with Gasteiger partial charge in [0.15, 0.2) is 11.9 Å². The number of hydrogen-bond acceptors (Lipinski definition) is 8. The maximum absolute atomic E-state index is 11.5. The smallest absolute Gasteiger partial charge is 0.378 e. The average molecular weight is 362 g/mol. The van der Waals surface area contributed by atoms with Crippen molar-refractivity contribution in [1.82, 2.24) is 0 Å². The first kappa shape index (κ1) is 21.7. The SMILES string of the molecule is CCCCCC(CC(O)CO)C(C)OC1=C(O)C(=O)O[C@@H]1[C@@H](O)CO. The first-order chi connectivity index (χ1) is 11.8. The second-order valence-corrected chi connectivity index (χ2v) is 6.44. The lowest BCUT2D eigenvalue weighted by Crippen LogP contribution is -2.35. The van der Waals surface area contributed by atoms with Gasteiger partial charge in [-0.15, -0.1) is 0 Å². The van der Waals surface area contributed by atoms with E-state index in [1.165, 1.54) is 0 Å². The number of aliphatic hydroxyl groups excluding tert-OH is 5. The van der Waals surface area contributed by atoms with E-state index < -0.39 is 42.8 Å². The highest BCUT2D eigenvalue weighted by molar-refractivity contribution is 5.89. The van der Waals surface area contributed by atoms with Gasteiger partial charge in [-0.3, -0.25) is 0 Å². The summed E-state index contributed by atoms with van der Waals surface area (Å²) >= 11 is 0. The number of rotatable bonds is 12. The summed E-state index contributed by atoms with van der Waals surface area (Å²) in [5.41, 5.74) is 0. The zero-order chi connectivity index (χ0) is 19.0. The average Bonchev–Trinajstić information content (AvgIpc) is 2.88. The predicted octanol–water partition coefficient (Wildman–Crippen LogP) is 0.379. The first-order valence-corrected chi connectivity index (χ1v) is 8.74. The molecule has 0 aromatic heterocycles. The molecule has 5 atom stereocenters. The third-order valence-corrected chi connectivity index (χ3v) is 4.40. The van der Waals surface area contributed by atoms with Gasteiger partial charge < -0.3 is 35.0 Å². The Morgan fingerprint density at radius 2 is 1.88 bits per heavy atom. The van der Waals surface area contributed by atoms with Crippen molar-refractivity contribution in [2.24, 2.45) is 5.92 Å². The minimum absolute atomic E-state index is 0.128. The molecule has 1 aliphatic rings. The number of carbonyl (C=O) groups excluding carboxylic acids is 1. The van der Waals surface area contributed by atoms with Crippen LogP contribution < -0.4 is 0 Å². The Balaban J connectivity index is 2.84. The van der Waals surface area contributed by atoms with E-state index in [9.17, 15) is 20.1 Å². The zero-order valence-corrected chi connectivity index (χ0v) is 14.8. The summed E-state index contributed by atoms with van der Waals surface area (Å²) in [4.78, 5) is 11.5. The standard InChI is InChI=1S/C17H30O8/c1-3-4-5-6-11(7-12(20)8-18)10(2)24-16-14(22)17(23)25-15(16)13(21)9-19/h10-13,15,18-22H,3-9H2,1-2H3/t10?,11?,12?,13-,15+/m0/s1. The van der Waals surface area contributed by atoms with E-state index in [1.54, 1.807) is 6.92 Å². The van der Waals surface area contributed by atoms with Crippen molar-refractivity contribution in [2.45, 2.75) is 70.4 Å². The minimum atomic E-state index is -1.41. The molecule has 0 bridgehead atoms. The van der Waals surface area contributed by atoms with Crippen molar-refractivity contribution < 1.29 is 39.8 Å². The predicted molar refractivity (Wildman–Crippen MR) is 88.5 cm³/mol. The quantitative estimate of drug-likeness (QED) is 0.248. The van der Waals surface area contributed by atoms with Crippen LogP contribution in [0.1, 0.15) is 46.0 Å². The van der Waals surface area contributed by atoms with Gasteiger partial charge in [0, 0.05) is 0 Å². The summed E-state index contributed by atoms with van der Waals surface area (Å²) in [6.45, 7) is 2.78. The molecule has 25 heavy (non-hydrogen) atoms. The van der Waals surface area contributed by atoms with Crippen LogP contribution in [0.2, 0.25) is 0 Å². The molecule has 3 unspecified atom stereocenters. The molecule has 146 valence electrons. The van der Waals surface area contributed by atoms with Crippen LogP contribution >= 0.6 is 0 Å². The highest BCUT2D eigenvalue weighted by Crippen LogP contribution is 2.30. The summed E-state index contributed by atoms with van der Waals surface area (Å²) in [5, 5.41) is 47.5. The van der Waals surface area contributed by atoms with Crippen molar-refractivity contribution in [3.63, 3.8) is 0 Å². The normalized spacial score (nSPS) is 22.5. The van der Waals surface area contributed by atoms with Crippen LogP contribution in [0, 0.1) is 5.92 Å². The number of cyclic esters (lactones) is 1. The summed E-state index contributed by atoms with van der Waals surface area (Å²) in [7, 11) is 0. The molecular weight excluding hydrogens is 332 g/mol. The fourth-order valence-electron chi connectivity index (χ4n) is 2.85. The van der Waals surface area contributed by atoms with Gasteiger partial charge >= 0.3 is 5.97 Å². The maximum Gasteiger partial charge on any atom is 0.378 e. The lowest BCUT2D eigenvalue weighted by molar-refractivity contribution is -0.148. The number of hydrogen-bond donors (Lipinski definition) is 5. The third-order valence-electron chi connectivity index (χ3n) is 4.40. The molecule has 1 rings (SSSR count). The van der Waals surface area contributed by atoms with E-state index in [0.717, 1.165) is 25.7 Å². The van der Waals surface area contributed by atoms with Crippen LogP contribution in [0.5, 0.6) is 0 Å². The summed E-state index contributed by atoms with van der Waals surface area (Å²) in [6, 6.07) is 0. The van der Waals surface area contributed by atoms with Gasteiger partial charge in [-0.25, -0.2) is 4.79 Å². The molecule has 0 aromatic carbocycles. The van der Waals surface area contributed by atoms with Crippen molar-refractivity contribution in [2.75, 3.05) is 13.2 Å². The lowest BCUT2D eigenvalue weighted by Gasteiger charge is -2.28. The van der Waals surface area contributed by atoms with E-state index in [2.05, 4.69) is 6.92 Å². The first-order valence-electron chi connectivity index (χ1n) is 8.74. The molecule has 5 N–H and O–H groups in total. The van der Waals surface area contributed by atoms with Crippen LogP contribution in [0.25, 0.3) is 0 Å². The molecule has 0 radical (unpaired) electrons. The van der Waals surface area contributed by atoms with Gasteiger partial charge in [0.25, 0.3) is 0 Å². The monoisotopic (exact) mass is 362 g/mol. The van der Waals surface area contributed by atoms with E-state index >= 15 is 0 Å². The Hall–Kier alpha value is -1.35. The number of unbranched alkanes of at least 4 members (excludes halogenated alkanes) is 2. The van der Waals surface area contributed by atoms with Crippen LogP contribution in [-0.4, -0.2) is 69.1 Å². The molecule has 0 aromatic rings. The van der Waals surface area contributed by atoms with Crippen molar-refractivity contribution >= 4 is 5.97 Å². The number of ether oxygens (including phenoxy) is 2. The van der Waals surface area contributed by atoms with E-state index in [0.29, 0.717) is 6.42 Å². The third kappa shape index (κ3) is 6.14. The second kappa shape index (κ2) is 10.6. The van der Waals surface area contributed by atoms with Crippen LogP contribution in [0.15, 0.2) is 11.5 Å². The molecule has 0 fully saturated rings. The van der Waals surface area contributed by atoms with Gasteiger partial charge in [-0.05, 0) is 25.7 Å². The minimum Gasteiger partial charge on any atom is -0.499 e. The molecule has 0 aliphatic carbocycles. The number of carbonyl (C=O) groups is 1. The van der Waals surface area contributed by atoms with Gasteiger partial charge in [-0.2, -0.15) is 0 Å². The lowest BCUT2D eigenvalue weighted by atomic mass is 9.90. The fraction of sp³-hybridized carbons (Fsp3) is 0.824. The summed E-state index contributed by atoms with van der Waals surface area (Å²) in [6.07, 6.45) is -0.0610. The molecule has 1 aliphatic heterocycles. The van der Waals surface area contributed by atoms with E-state index in [-0.39, 0.29) is 18.3 Å². The highest BCUT2D eigenvalue weighted by Gasteiger charge is 2.41. The molecular formula is C17H30O8. The molecule has 0 saturated heterocycles. The maximum atomic E-state index is 11.5. The largest absolute Gasteiger partial charge is 0.499 e.